The Morgan fingerprint density at radius 1 is 1.16 bits per heavy atom. The van der Waals surface area contributed by atoms with Crippen molar-refractivity contribution in [2.45, 2.75) is 36.5 Å². The third kappa shape index (κ3) is 3.31. The molecular formula is C14H22O3S2. The zero-order valence-corrected chi connectivity index (χ0v) is 12.9. The highest BCUT2D eigenvalue weighted by Gasteiger charge is 2.42. The van der Waals surface area contributed by atoms with Gasteiger partial charge in [-0.1, -0.05) is 0 Å². The topological polar surface area (TPSA) is 35.5 Å². The summed E-state index contributed by atoms with van der Waals surface area (Å²) in [6.45, 7) is 2.32. The van der Waals surface area contributed by atoms with Gasteiger partial charge in [0, 0.05) is 43.0 Å². The molecule has 0 amide bonds. The number of hydrogen-bond donors (Lipinski definition) is 0. The molecule has 3 rings (SSSR count). The summed E-state index contributed by atoms with van der Waals surface area (Å²) in [6.07, 6.45) is 3.77. The van der Waals surface area contributed by atoms with Crippen LogP contribution in [0.2, 0.25) is 0 Å². The molecule has 0 aromatic carbocycles. The lowest BCUT2D eigenvalue weighted by molar-refractivity contribution is -0.156. The Kier molecular flexibility index (Phi) is 4.78. The number of Topliss-reactive ketones (excluding diaryl/α,β-unsaturated/α-hetero) is 1. The summed E-state index contributed by atoms with van der Waals surface area (Å²) in [5, 5.41) is 0.235. The third-order valence-corrected chi connectivity index (χ3v) is 7.21. The van der Waals surface area contributed by atoms with E-state index in [9.17, 15) is 4.79 Å². The zero-order chi connectivity index (χ0) is 13.1. The monoisotopic (exact) mass is 302 g/mol. The lowest BCUT2D eigenvalue weighted by Gasteiger charge is -2.43. The molecule has 3 nitrogen and oxygen atoms in total. The standard InChI is InChI=1S/C14H22O3S2/c15-13(12-10-18-7-8-19-12)11-1-4-17-14(9-11)2-5-16-6-3-14/h11-12H,1-10H2. The second-order valence-corrected chi connectivity index (χ2v) is 8.13. The van der Waals surface area contributed by atoms with E-state index in [0.29, 0.717) is 5.78 Å². The maximum absolute atomic E-state index is 12.7. The van der Waals surface area contributed by atoms with E-state index in [1.165, 1.54) is 5.75 Å². The lowest BCUT2D eigenvalue weighted by atomic mass is 9.78. The quantitative estimate of drug-likeness (QED) is 0.782. The van der Waals surface area contributed by atoms with Crippen LogP contribution in [0.4, 0.5) is 0 Å². The van der Waals surface area contributed by atoms with Crippen molar-refractivity contribution in [3.8, 4) is 0 Å². The first-order valence-electron chi connectivity index (χ1n) is 7.24. The van der Waals surface area contributed by atoms with Crippen LogP contribution < -0.4 is 0 Å². The first-order chi connectivity index (χ1) is 9.29. The van der Waals surface area contributed by atoms with Crippen molar-refractivity contribution in [1.29, 1.82) is 0 Å². The predicted octanol–water partition coefficient (Wildman–Crippen LogP) is 2.38. The Labute approximate surface area is 123 Å². The highest BCUT2D eigenvalue weighted by Crippen LogP contribution is 2.39. The molecule has 0 saturated carbocycles. The van der Waals surface area contributed by atoms with E-state index in [0.717, 1.165) is 57.0 Å². The minimum absolute atomic E-state index is 0.0523. The van der Waals surface area contributed by atoms with Gasteiger partial charge in [-0.05, 0) is 25.7 Å². The molecule has 3 aliphatic rings. The van der Waals surface area contributed by atoms with Crippen molar-refractivity contribution in [3.63, 3.8) is 0 Å². The van der Waals surface area contributed by atoms with Gasteiger partial charge in [-0.3, -0.25) is 4.79 Å². The Balaban J connectivity index is 1.62. The van der Waals surface area contributed by atoms with Gasteiger partial charge in [0.1, 0.15) is 5.78 Å². The van der Waals surface area contributed by atoms with E-state index in [4.69, 9.17) is 9.47 Å². The van der Waals surface area contributed by atoms with Crippen molar-refractivity contribution in [2.24, 2.45) is 5.92 Å². The van der Waals surface area contributed by atoms with E-state index in [2.05, 4.69) is 0 Å². The molecule has 1 spiro atoms. The Hall–Kier alpha value is 0.290. The highest BCUT2D eigenvalue weighted by molar-refractivity contribution is 8.07. The van der Waals surface area contributed by atoms with Crippen LogP contribution in [0.5, 0.6) is 0 Å². The second-order valence-electron chi connectivity index (χ2n) is 5.67. The van der Waals surface area contributed by atoms with Gasteiger partial charge in [0.05, 0.1) is 10.9 Å². The number of carbonyl (C=O) groups excluding carboxylic acids is 1. The summed E-state index contributed by atoms with van der Waals surface area (Å²) in [6, 6.07) is 0. The van der Waals surface area contributed by atoms with Crippen LogP contribution in [-0.2, 0) is 14.3 Å². The maximum atomic E-state index is 12.7. The molecule has 3 saturated heterocycles. The predicted molar refractivity (Wildman–Crippen MR) is 80.0 cm³/mol. The van der Waals surface area contributed by atoms with Crippen LogP contribution in [-0.4, -0.2) is 53.7 Å². The van der Waals surface area contributed by atoms with E-state index >= 15 is 0 Å². The van der Waals surface area contributed by atoms with Gasteiger partial charge in [0.15, 0.2) is 0 Å². The van der Waals surface area contributed by atoms with Gasteiger partial charge in [-0.2, -0.15) is 11.8 Å². The van der Waals surface area contributed by atoms with Crippen molar-refractivity contribution >= 4 is 29.3 Å². The molecule has 0 radical (unpaired) electrons. The molecule has 3 aliphatic heterocycles. The lowest BCUT2D eigenvalue weighted by Crippen LogP contribution is -2.47. The van der Waals surface area contributed by atoms with Crippen molar-refractivity contribution < 1.29 is 14.3 Å². The fourth-order valence-electron chi connectivity index (χ4n) is 3.28. The van der Waals surface area contributed by atoms with E-state index in [1.807, 2.05) is 23.5 Å². The number of ketones is 1. The molecule has 0 aliphatic carbocycles. The smallest absolute Gasteiger partial charge is 0.149 e. The van der Waals surface area contributed by atoms with Crippen LogP contribution in [0.25, 0.3) is 0 Å². The second kappa shape index (κ2) is 6.37. The van der Waals surface area contributed by atoms with Crippen LogP contribution in [0, 0.1) is 5.92 Å². The molecule has 3 fully saturated rings. The van der Waals surface area contributed by atoms with E-state index < -0.39 is 0 Å². The minimum Gasteiger partial charge on any atom is -0.381 e. The van der Waals surface area contributed by atoms with Crippen LogP contribution in [0.3, 0.4) is 0 Å². The van der Waals surface area contributed by atoms with Gasteiger partial charge < -0.3 is 9.47 Å². The summed E-state index contributed by atoms with van der Waals surface area (Å²) >= 11 is 3.79. The normalized spacial score (nSPS) is 35.2. The molecule has 19 heavy (non-hydrogen) atoms. The summed E-state index contributed by atoms with van der Waals surface area (Å²) in [4.78, 5) is 12.7. The number of carbonyl (C=O) groups is 1. The fraction of sp³-hybridized carbons (Fsp3) is 0.929. The molecule has 0 aromatic rings. The zero-order valence-electron chi connectivity index (χ0n) is 11.3. The minimum atomic E-state index is -0.0523. The maximum Gasteiger partial charge on any atom is 0.149 e. The molecule has 0 N–H and O–H groups in total. The number of thioether (sulfide) groups is 2. The average molecular weight is 302 g/mol. The van der Waals surface area contributed by atoms with Crippen molar-refractivity contribution in [3.05, 3.63) is 0 Å². The first-order valence-corrected chi connectivity index (χ1v) is 9.44. The number of hydrogen-bond acceptors (Lipinski definition) is 5. The molecule has 108 valence electrons. The number of ether oxygens (including phenoxy) is 2. The van der Waals surface area contributed by atoms with Gasteiger partial charge >= 0.3 is 0 Å². The van der Waals surface area contributed by atoms with E-state index in [-0.39, 0.29) is 16.8 Å². The highest BCUT2D eigenvalue weighted by atomic mass is 32.2. The first kappa shape index (κ1) is 14.2. The Bertz CT molecular complexity index is 317. The third-order valence-electron chi connectivity index (χ3n) is 4.43. The summed E-state index contributed by atoms with van der Waals surface area (Å²) in [7, 11) is 0. The molecular weight excluding hydrogens is 280 g/mol. The van der Waals surface area contributed by atoms with Gasteiger partial charge in [0.25, 0.3) is 0 Å². The largest absolute Gasteiger partial charge is 0.381 e. The number of rotatable bonds is 2. The molecule has 2 atom stereocenters. The van der Waals surface area contributed by atoms with Crippen LogP contribution in [0.1, 0.15) is 25.7 Å². The molecule has 5 heteroatoms. The average Bonchev–Trinajstić information content (AvgIpc) is 2.48. The summed E-state index contributed by atoms with van der Waals surface area (Å²) in [5.74, 6) is 4.05. The Morgan fingerprint density at radius 2 is 2.00 bits per heavy atom. The molecule has 2 unspecified atom stereocenters. The molecule has 0 aromatic heterocycles. The fourth-order valence-corrected chi connectivity index (χ4v) is 5.99. The Morgan fingerprint density at radius 3 is 2.74 bits per heavy atom. The van der Waals surface area contributed by atoms with Gasteiger partial charge in [-0.15, -0.1) is 11.8 Å². The van der Waals surface area contributed by atoms with Gasteiger partial charge in [-0.25, -0.2) is 0 Å². The van der Waals surface area contributed by atoms with E-state index in [1.54, 1.807) is 0 Å². The summed E-state index contributed by atoms with van der Waals surface area (Å²) < 4.78 is 11.5. The molecule has 3 heterocycles. The van der Waals surface area contributed by atoms with Crippen molar-refractivity contribution in [2.75, 3.05) is 37.1 Å². The van der Waals surface area contributed by atoms with Gasteiger partial charge in [0.2, 0.25) is 0 Å². The van der Waals surface area contributed by atoms with Crippen LogP contribution >= 0.6 is 23.5 Å². The van der Waals surface area contributed by atoms with Crippen molar-refractivity contribution in [1.82, 2.24) is 0 Å². The summed E-state index contributed by atoms with van der Waals surface area (Å²) in [5.41, 5.74) is -0.0523. The van der Waals surface area contributed by atoms with Crippen LogP contribution in [0.15, 0.2) is 0 Å². The molecule has 0 bridgehead atoms. The SMILES string of the molecule is O=C(C1CCOC2(CCOCC2)C1)C1CSCCS1.